The molecule has 2 N–H and O–H groups in total. The summed E-state index contributed by atoms with van der Waals surface area (Å²) in [6, 6.07) is 0.314. The summed E-state index contributed by atoms with van der Waals surface area (Å²) in [6.07, 6.45) is 8.10. The minimum absolute atomic E-state index is 0. The van der Waals surface area contributed by atoms with Crippen LogP contribution in [-0.4, -0.2) is 25.0 Å². The standard InChI is InChI=1S/C15H28N2O.ClH/c1-3-15(8-4-5-9-15)14(18)17-12(2)13-7-6-10-16-11-13;/h12-13,16H,3-11H2,1-2H3,(H,17,18);1H. The molecular formula is C15H29ClN2O. The van der Waals surface area contributed by atoms with Crippen LogP contribution in [0.15, 0.2) is 0 Å². The molecule has 0 radical (unpaired) electrons. The van der Waals surface area contributed by atoms with Crippen molar-refractivity contribution in [2.24, 2.45) is 11.3 Å². The Hall–Kier alpha value is -0.280. The highest BCUT2D eigenvalue weighted by molar-refractivity contribution is 5.85. The van der Waals surface area contributed by atoms with Gasteiger partial charge in [-0.25, -0.2) is 0 Å². The van der Waals surface area contributed by atoms with E-state index in [0.29, 0.717) is 17.9 Å². The van der Waals surface area contributed by atoms with Gasteiger partial charge in [-0.3, -0.25) is 4.79 Å². The van der Waals surface area contributed by atoms with Crippen molar-refractivity contribution in [3.8, 4) is 0 Å². The van der Waals surface area contributed by atoms with Crippen molar-refractivity contribution in [3.05, 3.63) is 0 Å². The molecule has 1 saturated carbocycles. The maximum Gasteiger partial charge on any atom is 0.226 e. The van der Waals surface area contributed by atoms with Crippen LogP contribution in [0.25, 0.3) is 0 Å². The summed E-state index contributed by atoms with van der Waals surface area (Å²) in [5.74, 6) is 0.929. The van der Waals surface area contributed by atoms with Crippen LogP contribution in [0.4, 0.5) is 0 Å². The van der Waals surface area contributed by atoms with Gasteiger partial charge in [0.05, 0.1) is 0 Å². The SMILES string of the molecule is CCC1(C(=O)NC(C)C2CCCNC2)CCCC1.Cl. The molecule has 0 aromatic carbocycles. The fourth-order valence-corrected chi connectivity index (χ4v) is 3.58. The molecule has 0 aromatic rings. The molecule has 1 heterocycles. The summed E-state index contributed by atoms with van der Waals surface area (Å²) in [5, 5.41) is 6.74. The summed E-state index contributed by atoms with van der Waals surface area (Å²) >= 11 is 0. The second-order valence-corrected chi connectivity index (χ2v) is 6.21. The Labute approximate surface area is 123 Å². The highest BCUT2D eigenvalue weighted by Gasteiger charge is 2.40. The molecule has 1 saturated heterocycles. The first kappa shape index (κ1) is 16.8. The van der Waals surface area contributed by atoms with E-state index < -0.39 is 0 Å². The number of nitrogens with one attached hydrogen (secondary N) is 2. The molecule has 2 rings (SSSR count). The molecule has 0 spiro atoms. The van der Waals surface area contributed by atoms with Gasteiger partial charge in [-0.15, -0.1) is 12.4 Å². The number of amides is 1. The van der Waals surface area contributed by atoms with E-state index >= 15 is 0 Å². The minimum atomic E-state index is -0.0453. The first-order valence-corrected chi connectivity index (χ1v) is 7.69. The van der Waals surface area contributed by atoms with Gasteiger partial charge in [0.2, 0.25) is 5.91 Å². The van der Waals surface area contributed by atoms with Gasteiger partial charge in [-0.2, -0.15) is 0 Å². The van der Waals surface area contributed by atoms with Gasteiger partial charge in [0.1, 0.15) is 0 Å². The van der Waals surface area contributed by atoms with Crippen LogP contribution in [0.3, 0.4) is 0 Å². The van der Waals surface area contributed by atoms with Gasteiger partial charge in [-0.05, 0) is 58.0 Å². The van der Waals surface area contributed by atoms with Crippen molar-refractivity contribution in [2.75, 3.05) is 13.1 Å². The lowest BCUT2D eigenvalue weighted by Gasteiger charge is -2.33. The van der Waals surface area contributed by atoms with Crippen molar-refractivity contribution in [1.29, 1.82) is 0 Å². The van der Waals surface area contributed by atoms with Crippen LogP contribution in [0.5, 0.6) is 0 Å². The molecular weight excluding hydrogens is 260 g/mol. The summed E-state index contributed by atoms with van der Waals surface area (Å²) in [7, 11) is 0. The fraction of sp³-hybridized carbons (Fsp3) is 0.933. The number of hydrogen-bond acceptors (Lipinski definition) is 2. The zero-order chi connectivity index (χ0) is 13.0. The van der Waals surface area contributed by atoms with Crippen LogP contribution in [-0.2, 0) is 4.79 Å². The number of carbonyl (C=O) groups is 1. The third-order valence-corrected chi connectivity index (χ3v) is 5.12. The minimum Gasteiger partial charge on any atom is -0.353 e. The quantitative estimate of drug-likeness (QED) is 0.835. The van der Waals surface area contributed by atoms with E-state index in [9.17, 15) is 4.79 Å². The Morgan fingerprint density at radius 1 is 1.37 bits per heavy atom. The van der Waals surface area contributed by atoms with Crippen LogP contribution in [0.1, 0.15) is 58.8 Å². The lowest BCUT2D eigenvalue weighted by Crippen LogP contribution is -2.49. The van der Waals surface area contributed by atoms with Gasteiger partial charge >= 0.3 is 0 Å². The van der Waals surface area contributed by atoms with Gasteiger partial charge in [0.15, 0.2) is 0 Å². The van der Waals surface area contributed by atoms with Gasteiger partial charge in [0.25, 0.3) is 0 Å². The topological polar surface area (TPSA) is 41.1 Å². The number of rotatable bonds is 4. The number of piperidine rings is 1. The summed E-state index contributed by atoms with van der Waals surface area (Å²) in [6.45, 7) is 6.53. The number of carbonyl (C=O) groups excluding carboxylic acids is 1. The molecule has 4 heteroatoms. The molecule has 0 aromatic heterocycles. The number of hydrogen-bond donors (Lipinski definition) is 2. The predicted molar refractivity (Wildman–Crippen MR) is 81.6 cm³/mol. The average Bonchev–Trinajstić information content (AvgIpc) is 2.89. The van der Waals surface area contributed by atoms with E-state index in [0.717, 1.165) is 32.4 Å². The molecule has 1 aliphatic carbocycles. The Balaban J connectivity index is 0.00000180. The van der Waals surface area contributed by atoms with Gasteiger partial charge < -0.3 is 10.6 Å². The van der Waals surface area contributed by atoms with E-state index in [1.807, 2.05) is 0 Å². The van der Waals surface area contributed by atoms with Crippen molar-refractivity contribution in [2.45, 2.75) is 64.8 Å². The monoisotopic (exact) mass is 288 g/mol. The zero-order valence-electron chi connectivity index (χ0n) is 12.3. The highest BCUT2D eigenvalue weighted by Crippen LogP contribution is 2.41. The van der Waals surface area contributed by atoms with E-state index in [1.165, 1.54) is 25.7 Å². The molecule has 3 nitrogen and oxygen atoms in total. The normalized spacial score (nSPS) is 27.4. The maximum absolute atomic E-state index is 12.5. The molecule has 2 aliphatic rings. The Morgan fingerprint density at radius 2 is 2.05 bits per heavy atom. The van der Waals surface area contributed by atoms with E-state index in [4.69, 9.17) is 0 Å². The molecule has 2 unspecified atom stereocenters. The Kier molecular flexibility index (Phi) is 6.61. The van der Waals surface area contributed by atoms with Crippen molar-refractivity contribution in [1.82, 2.24) is 10.6 Å². The molecule has 0 bridgehead atoms. The Bertz CT molecular complexity index is 284. The third-order valence-electron chi connectivity index (χ3n) is 5.12. The largest absolute Gasteiger partial charge is 0.353 e. The predicted octanol–water partition coefficient (Wildman–Crippen LogP) is 2.88. The van der Waals surface area contributed by atoms with E-state index in [2.05, 4.69) is 24.5 Å². The smallest absolute Gasteiger partial charge is 0.226 e. The van der Waals surface area contributed by atoms with E-state index in [-0.39, 0.29) is 17.8 Å². The van der Waals surface area contributed by atoms with Crippen LogP contribution in [0, 0.1) is 11.3 Å². The molecule has 1 aliphatic heterocycles. The zero-order valence-corrected chi connectivity index (χ0v) is 13.2. The summed E-state index contributed by atoms with van der Waals surface area (Å²) in [5.41, 5.74) is -0.0453. The van der Waals surface area contributed by atoms with Gasteiger partial charge in [-0.1, -0.05) is 19.8 Å². The second kappa shape index (κ2) is 7.49. The first-order chi connectivity index (χ1) is 8.68. The molecule has 2 fully saturated rings. The second-order valence-electron chi connectivity index (χ2n) is 6.21. The summed E-state index contributed by atoms with van der Waals surface area (Å²) < 4.78 is 0. The van der Waals surface area contributed by atoms with Crippen LogP contribution in [0.2, 0.25) is 0 Å². The van der Waals surface area contributed by atoms with Crippen LogP contribution >= 0.6 is 12.4 Å². The van der Waals surface area contributed by atoms with E-state index in [1.54, 1.807) is 0 Å². The number of halogens is 1. The molecule has 2 atom stereocenters. The fourth-order valence-electron chi connectivity index (χ4n) is 3.58. The molecule has 1 amide bonds. The highest BCUT2D eigenvalue weighted by atomic mass is 35.5. The van der Waals surface area contributed by atoms with Gasteiger partial charge in [0, 0.05) is 11.5 Å². The van der Waals surface area contributed by atoms with Crippen molar-refractivity contribution in [3.63, 3.8) is 0 Å². The average molecular weight is 289 g/mol. The first-order valence-electron chi connectivity index (χ1n) is 7.69. The summed E-state index contributed by atoms with van der Waals surface area (Å²) in [4.78, 5) is 12.5. The third kappa shape index (κ3) is 3.85. The van der Waals surface area contributed by atoms with Crippen molar-refractivity contribution < 1.29 is 4.79 Å². The van der Waals surface area contributed by atoms with Crippen LogP contribution < -0.4 is 10.6 Å². The van der Waals surface area contributed by atoms with Crippen molar-refractivity contribution >= 4 is 18.3 Å². The Morgan fingerprint density at radius 3 is 2.58 bits per heavy atom. The lowest BCUT2D eigenvalue weighted by molar-refractivity contribution is -0.132. The molecule has 112 valence electrons. The molecule has 19 heavy (non-hydrogen) atoms. The maximum atomic E-state index is 12.5. The lowest BCUT2D eigenvalue weighted by atomic mass is 9.81.